The fourth-order valence-corrected chi connectivity index (χ4v) is 1.60. The number of carboxylic acid groups (broad SMARTS) is 2. The lowest BCUT2D eigenvalue weighted by Crippen LogP contribution is -2.45. The summed E-state index contributed by atoms with van der Waals surface area (Å²) in [5.41, 5.74) is -0.390. The van der Waals surface area contributed by atoms with E-state index in [1.807, 2.05) is 0 Å². The molecule has 122 valence electrons. The van der Waals surface area contributed by atoms with Crippen LogP contribution in [0.1, 0.15) is 27.7 Å². The number of carbonyl (C=O) groups excluding carboxylic acids is 1. The predicted octanol–water partition coefficient (Wildman–Crippen LogP) is 0.318. The normalized spacial score (nSPS) is 14.1. The summed E-state index contributed by atoms with van der Waals surface area (Å²) in [6, 6.07) is -0.477. The average molecular weight is 311 g/mol. The summed E-state index contributed by atoms with van der Waals surface area (Å²) >= 11 is 0. The van der Waals surface area contributed by atoms with Gasteiger partial charge in [0.25, 0.3) is 5.91 Å². The number of carbonyl (C=O) groups is 3. The summed E-state index contributed by atoms with van der Waals surface area (Å²) in [6.07, 6.45) is 0.993. The lowest BCUT2D eigenvalue weighted by molar-refractivity contribution is -0.142. The van der Waals surface area contributed by atoms with Gasteiger partial charge in [-0.25, -0.2) is 9.59 Å². The zero-order chi connectivity index (χ0) is 17.4. The highest BCUT2D eigenvalue weighted by molar-refractivity contribution is 5.99. The van der Waals surface area contributed by atoms with E-state index in [0.29, 0.717) is 0 Å². The van der Waals surface area contributed by atoms with Crippen LogP contribution in [0, 0.1) is 23.2 Å². The van der Waals surface area contributed by atoms with Crippen LogP contribution in [0.5, 0.6) is 0 Å². The molecule has 0 radical (unpaired) electrons. The van der Waals surface area contributed by atoms with Crippen LogP contribution in [-0.4, -0.2) is 40.1 Å². The highest BCUT2D eigenvalue weighted by Gasteiger charge is 2.25. The summed E-state index contributed by atoms with van der Waals surface area (Å²) in [4.78, 5) is 33.9. The summed E-state index contributed by atoms with van der Waals surface area (Å²) in [5, 5.41) is 31.7. The molecule has 8 nitrogen and oxygen atoms in total. The van der Waals surface area contributed by atoms with Gasteiger partial charge in [0.05, 0.1) is 0 Å². The Bertz CT molecular complexity index is 505. The highest BCUT2D eigenvalue weighted by Crippen LogP contribution is 2.05. The van der Waals surface area contributed by atoms with Crippen molar-refractivity contribution in [3.05, 3.63) is 11.8 Å². The maximum atomic E-state index is 11.9. The maximum Gasteiger partial charge on any atom is 0.326 e. The third-order valence-electron chi connectivity index (χ3n) is 2.92. The largest absolute Gasteiger partial charge is 0.480 e. The molecule has 22 heavy (non-hydrogen) atoms. The maximum absolute atomic E-state index is 11.9. The van der Waals surface area contributed by atoms with Gasteiger partial charge in [-0.1, -0.05) is 27.7 Å². The van der Waals surface area contributed by atoms with Gasteiger partial charge in [-0.15, -0.1) is 0 Å². The first-order chi connectivity index (χ1) is 10.1. The van der Waals surface area contributed by atoms with Crippen molar-refractivity contribution in [2.24, 2.45) is 11.8 Å². The van der Waals surface area contributed by atoms with Gasteiger partial charge in [0.2, 0.25) is 0 Å². The van der Waals surface area contributed by atoms with Crippen LogP contribution in [0.4, 0.5) is 0 Å². The molecule has 8 heteroatoms. The van der Waals surface area contributed by atoms with Gasteiger partial charge in [-0.2, -0.15) is 5.26 Å². The lowest BCUT2D eigenvalue weighted by Gasteiger charge is -2.18. The van der Waals surface area contributed by atoms with Gasteiger partial charge in [0.15, 0.2) is 0 Å². The second-order valence-electron chi connectivity index (χ2n) is 5.43. The molecule has 0 aliphatic carbocycles. The van der Waals surface area contributed by atoms with Crippen molar-refractivity contribution in [3.8, 4) is 6.07 Å². The standard InChI is InChI=1S/C14H21N3O5/c1-7(2)10(13(19)20)16-6-9(5-15)12(18)17-11(8(3)4)14(21)22/h6-8,10-11,16H,1-4H3,(H,17,18)(H,19,20)(H,21,22)/b9-6-. The van der Waals surface area contributed by atoms with E-state index in [1.165, 1.54) is 0 Å². The van der Waals surface area contributed by atoms with E-state index in [4.69, 9.17) is 15.5 Å². The molecular weight excluding hydrogens is 290 g/mol. The van der Waals surface area contributed by atoms with Gasteiger partial charge >= 0.3 is 11.9 Å². The molecule has 0 heterocycles. The molecule has 0 aliphatic rings. The minimum atomic E-state index is -1.21. The molecule has 0 rings (SSSR count). The highest BCUT2D eigenvalue weighted by atomic mass is 16.4. The van der Waals surface area contributed by atoms with Crippen LogP contribution in [0.15, 0.2) is 11.8 Å². The molecule has 0 aromatic carbocycles. The average Bonchev–Trinajstić information content (AvgIpc) is 2.38. The molecule has 0 fully saturated rings. The molecule has 0 spiro atoms. The van der Waals surface area contributed by atoms with E-state index in [0.717, 1.165) is 6.20 Å². The minimum absolute atomic E-state index is 0.265. The number of rotatable bonds is 8. The first-order valence-corrected chi connectivity index (χ1v) is 6.74. The first kappa shape index (κ1) is 19.4. The van der Waals surface area contributed by atoms with Crippen molar-refractivity contribution in [1.29, 1.82) is 5.26 Å². The van der Waals surface area contributed by atoms with Crippen molar-refractivity contribution in [3.63, 3.8) is 0 Å². The summed E-state index contributed by atoms with van der Waals surface area (Å²) in [7, 11) is 0. The predicted molar refractivity (Wildman–Crippen MR) is 77.5 cm³/mol. The van der Waals surface area contributed by atoms with Crippen molar-refractivity contribution >= 4 is 17.8 Å². The number of amides is 1. The van der Waals surface area contributed by atoms with E-state index in [2.05, 4.69) is 10.6 Å². The van der Waals surface area contributed by atoms with Crippen molar-refractivity contribution in [2.45, 2.75) is 39.8 Å². The number of aliphatic carboxylic acids is 2. The summed E-state index contributed by atoms with van der Waals surface area (Å²) in [6.45, 7) is 6.58. The fraction of sp³-hybridized carbons (Fsp3) is 0.571. The molecule has 2 unspecified atom stereocenters. The number of nitriles is 1. The minimum Gasteiger partial charge on any atom is -0.480 e. The van der Waals surface area contributed by atoms with E-state index in [9.17, 15) is 14.4 Å². The SMILES string of the molecule is CC(C)C(N/C=C(/C#N)C(=O)NC(C(=O)O)C(C)C)C(=O)O. The monoisotopic (exact) mass is 311 g/mol. The molecule has 0 aliphatic heterocycles. The molecule has 1 amide bonds. The fourth-order valence-electron chi connectivity index (χ4n) is 1.60. The number of nitrogens with zero attached hydrogens (tertiary/aromatic N) is 1. The number of carboxylic acids is 2. The quantitative estimate of drug-likeness (QED) is 0.374. The Balaban J connectivity index is 5.07. The van der Waals surface area contributed by atoms with E-state index < -0.39 is 29.9 Å². The molecule has 0 saturated heterocycles. The Hall–Kier alpha value is -2.56. The second-order valence-corrected chi connectivity index (χ2v) is 5.43. The first-order valence-electron chi connectivity index (χ1n) is 6.74. The molecule has 0 aromatic heterocycles. The lowest BCUT2D eigenvalue weighted by atomic mass is 10.0. The number of nitrogens with one attached hydrogen (secondary N) is 2. The van der Waals surface area contributed by atoms with Crippen LogP contribution >= 0.6 is 0 Å². The van der Waals surface area contributed by atoms with Gasteiger partial charge in [-0.05, 0) is 11.8 Å². The smallest absolute Gasteiger partial charge is 0.326 e. The van der Waals surface area contributed by atoms with E-state index in [1.54, 1.807) is 33.8 Å². The molecule has 0 saturated carbocycles. The van der Waals surface area contributed by atoms with Gasteiger partial charge in [-0.3, -0.25) is 4.79 Å². The third-order valence-corrected chi connectivity index (χ3v) is 2.92. The van der Waals surface area contributed by atoms with Crippen LogP contribution in [-0.2, 0) is 14.4 Å². The summed E-state index contributed by atoms with van der Waals surface area (Å²) in [5.74, 6) is -3.83. The Morgan fingerprint density at radius 3 is 1.77 bits per heavy atom. The van der Waals surface area contributed by atoms with Crippen molar-refractivity contribution < 1.29 is 24.6 Å². The van der Waals surface area contributed by atoms with E-state index >= 15 is 0 Å². The summed E-state index contributed by atoms with van der Waals surface area (Å²) < 4.78 is 0. The molecule has 4 N–H and O–H groups in total. The van der Waals surface area contributed by atoms with Gasteiger partial charge in [0, 0.05) is 6.20 Å². The number of hydrogen-bond donors (Lipinski definition) is 4. The van der Waals surface area contributed by atoms with Crippen molar-refractivity contribution in [1.82, 2.24) is 10.6 Å². The molecular formula is C14H21N3O5. The Morgan fingerprint density at radius 2 is 1.45 bits per heavy atom. The van der Waals surface area contributed by atoms with Gasteiger partial charge < -0.3 is 20.8 Å². The van der Waals surface area contributed by atoms with Crippen LogP contribution in [0.2, 0.25) is 0 Å². The molecule has 0 bridgehead atoms. The second kappa shape index (κ2) is 8.67. The Kier molecular flexibility index (Phi) is 7.66. The van der Waals surface area contributed by atoms with Crippen LogP contribution in [0.3, 0.4) is 0 Å². The Morgan fingerprint density at radius 1 is 1.00 bits per heavy atom. The molecule has 2 atom stereocenters. The Labute approximate surface area is 128 Å². The van der Waals surface area contributed by atoms with Crippen molar-refractivity contribution in [2.75, 3.05) is 0 Å². The molecule has 0 aromatic rings. The van der Waals surface area contributed by atoms with Crippen LogP contribution in [0.25, 0.3) is 0 Å². The topological polar surface area (TPSA) is 140 Å². The third kappa shape index (κ3) is 5.83. The zero-order valence-electron chi connectivity index (χ0n) is 13.0. The zero-order valence-corrected chi connectivity index (χ0v) is 13.0. The van der Waals surface area contributed by atoms with Gasteiger partial charge in [0.1, 0.15) is 23.7 Å². The van der Waals surface area contributed by atoms with E-state index in [-0.39, 0.29) is 17.4 Å². The van der Waals surface area contributed by atoms with Crippen LogP contribution < -0.4 is 10.6 Å². The number of hydrogen-bond acceptors (Lipinski definition) is 5.